The number of nitriles is 1. The molecule has 1 aliphatic heterocycles. The monoisotopic (exact) mass is 403 g/mol. The Labute approximate surface area is 166 Å². The van der Waals surface area contributed by atoms with Crippen LogP contribution in [0.3, 0.4) is 0 Å². The molecule has 0 spiro atoms. The minimum absolute atomic E-state index is 0.320. The number of carbonyl (C=O) groups is 2. The zero-order chi connectivity index (χ0) is 19.4. The molecular formula is C19H18ClN3O3S. The largest absolute Gasteiger partial charge is 0.381 e. The maximum atomic E-state index is 12.7. The van der Waals surface area contributed by atoms with Gasteiger partial charge >= 0.3 is 0 Å². The molecule has 2 heterocycles. The number of ether oxygens (including phenoxy) is 1. The molecule has 0 radical (unpaired) electrons. The Balaban J connectivity index is 1.74. The smallest absolute Gasteiger partial charge is 0.262 e. The number of aryl methyl sites for hydroxylation is 1. The van der Waals surface area contributed by atoms with Crippen LogP contribution in [0.4, 0.5) is 5.00 Å². The fourth-order valence-electron chi connectivity index (χ4n) is 2.85. The molecule has 1 aliphatic rings. The third-order valence-corrected chi connectivity index (χ3v) is 5.87. The average molecular weight is 404 g/mol. The molecule has 0 atom stereocenters. The van der Waals surface area contributed by atoms with E-state index in [0.29, 0.717) is 46.5 Å². The minimum atomic E-state index is -0.910. The third kappa shape index (κ3) is 4.30. The molecule has 6 nitrogen and oxygen atoms in total. The van der Waals surface area contributed by atoms with Gasteiger partial charge in [0.2, 0.25) is 0 Å². The predicted octanol–water partition coefficient (Wildman–Crippen LogP) is 3.76. The quantitative estimate of drug-likeness (QED) is 0.812. The van der Waals surface area contributed by atoms with Crippen molar-refractivity contribution >= 4 is 39.8 Å². The topological polar surface area (TPSA) is 91.2 Å². The van der Waals surface area contributed by atoms with Crippen LogP contribution in [0.15, 0.2) is 30.3 Å². The number of carbonyl (C=O) groups excluding carboxylic acids is 2. The van der Waals surface area contributed by atoms with Crippen LogP contribution in [0.1, 0.15) is 38.4 Å². The number of anilines is 1. The highest BCUT2D eigenvalue weighted by Crippen LogP contribution is 2.29. The van der Waals surface area contributed by atoms with Crippen LogP contribution in [0, 0.1) is 18.3 Å². The minimum Gasteiger partial charge on any atom is -0.381 e. The van der Waals surface area contributed by atoms with E-state index < -0.39 is 5.54 Å². The third-order valence-electron chi connectivity index (χ3n) is 4.39. The first-order valence-electron chi connectivity index (χ1n) is 8.42. The molecule has 3 rings (SSSR count). The zero-order valence-electron chi connectivity index (χ0n) is 14.7. The first-order chi connectivity index (χ1) is 12.9. The summed E-state index contributed by atoms with van der Waals surface area (Å²) in [5.41, 5.74) is 0.182. The van der Waals surface area contributed by atoms with E-state index in [9.17, 15) is 14.9 Å². The number of nitrogens with zero attached hydrogens (tertiary/aromatic N) is 1. The number of rotatable bonds is 4. The highest BCUT2D eigenvalue weighted by Gasteiger charge is 2.35. The lowest BCUT2D eigenvalue weighted by Crippen LogP contribution is -2.50. The van der Waals surface area contributed by atoms with Crippen molar-refractivity contribution in [1.82, 2.24) is 5.32 Å². The van der Waals surface area contributed by atoms with Gasteiger partial charge in [0.05, 0.1) is 26.5 Å². The fraction of sp³-hybridized carbons (Fsp3) is 0.316. The summed E-state index contributed by atoms with van der Waals surface area (Å²) in [5, 5.41) is 16.0. The van der Waals surface area contributed by atoms with Gasteiger partial charge in [-0.1, -0.05) is 23.7 Å². The SMILES string of the molecule is Cc1cc(NC(=O)c2ccccc2Cl)sc1C(=O)NC1(C#N)CCOCC1. The molecule has 27 heavy (non-hydrogen) atoms. The molecule has 1 aromatic heterocycles. The van der Waals surface area contributed by atoms with Crippen molar-refractivity contribution in [2.45, 2.75) is 25.3 Å². The van der Waals surface area contributed by atoms with E-state index in [2.05, 4.69) is 16.7 Å². The Kier molecular flexibility index (Phi) is 5.80. The van der Waals surface area contributed by atoms with E-state index in [4.69, 9.17) is 16.3 Å². The summed E-state index contributed by atoms with van der Waals surface area (Å²) in [6.45, 7) is 2.67. The lowest BCUT2D eigenvalue weighted by molar-refractivity contribution is 0.0532. The Bertz CT molecular complexity index is 913. The summed E-state index contributed by atoms with van der Waals surface area (Å²) >= 11 is 7.22. The molecule has 140 valence electrons. The highest BCUT2D eigenvalue weighted by molar-refractivity contribution is 7.18. The number of benzene rings is 1. The molecule has 1 fully saturated rings. The fourth-order valence-corrected chi connectivity index (χ4v) is 4.04. The number of hydrogen-bond donors (Lipinski definition) is 2. The van der Waals surface area contributed by atoms with Gasteiger partial charge in [0.25, 0.3) is 11.8 Å². The second kappa shape index (κ2) is 8.09. The maximum absolute atomic E-state index is 12.7. The van der Waals surface area contributed by atoms with Crippen LogP contribution in [0.25, 0.3) is 0 Å². The van der Waals surface area contributed by atoms with Gasteiger partial charge in [-0.05, 0) is 30.7 Å². The van der Waals surface area contributed by atoms with Gasteiger partial charge in [-0.2, -0.15) is 5.26 Å². The first-order valence-corrected chi connectivity index (χ1v) is 9.61. The molecule has 0 aliphatic carbocycles. The molecule has 2 aromatic rings. The average Bonchev–Trinajstić information content (AvgIpc) is 3.03. The number of amides is 2. The molecule has 0 unspecified atom stereocenters. The predicted molar refractivity (Wildman–Crippen MR) is 104 cm³/mol. The summed E-state index contributed by atoms with van der Waals surface area (Å²) in [6, 6.07) is 10.7. The number of hydrogen-bond acceptors (Lipinski definition) is 5. The van der Waals surface area contributed by atoms with Crippen LogP contribution >= 0.6 is 22.9 Å². The van der Waals surface area contributed by atoms with E-state index >= 15 is 0 Å². The molecule has 1 saturated heterocycles. The molecule has 0 saturated carbocycles. The number of halogens is 1. The van der Waals surface area contributed by atoms with E-state index in [0.717, 1.165) is 5.56 Å². The number of nitrogens with one attached hydrogen (secondary N) is 2. The Morgan fingerprint density at radius 2 is 1.96 bits per heavy atom. The summed E-state index contributed by atoms with van der Waals surface area (Å²) in [5.74, 6) is -0.661. The van der Waals surface area contributed by atoms with Crippen LogP contribution in [0.2, 0.25) is 5.02 Å². The van der Waals surface area contributed by atoms with Crippen molar-refractivity contribution in [2.75, 3.05) is 18.5 Å². The van der Waals surface area contributed by atoms with Crippen molar-refractivity contribution in [1.29, 1.82) is 5.26 Å². The van der Waals surface area contributed by atoms with Crippen LogP contribution < -0.4 is 10.6 Å². The van der Waals surface area contributed by atoms with E-state index in [1.54, 1.807) is 37.3 Å². The van der Waals surface area contributed by atoms with Crippen LogP contribution in [-0.2, 0) is 4.74 Å². The second-order valence-corrected chi connectivity index (χ2v) is 7.78. The van der Waals surface area contributed by atoms with Crippen molar-refractivity contribution in [2.24, 2.45) is 0 Å². The van der Waals surface area contributed by atoms with Gasteiger partial charge in [-0.3, -0.25) is 9.59 Å². The van der Waals surface area contributed by atoms with Crippen molar-refractivity contribution < 1.29 is 14.3 Å². The Hall–Kier alpha value is -2.40. The molecule has 2 amide bonds. The molecule has 1 aromatic carbocycles. The van der Waals surface area contributed by atoms with E-state index in [1.165, 1.54) is 11.3 Å². The summed E-state index contributed by atoms with van der Waals surface area (Å²) in [6.07, 6.45) is 0.908. The molecule has 2 N–H and O–H groups in total. The van der Waals surface area contributed by atoms with E-state index in [1.807, 2.05) is 0 Å². The molecule has 8 heteroatoms. The van der Waals surface area contributed by atoms with Crippen molar-refractivity contribution in [3.8, 4) is 6.07 Å². The van der Waals surface area contributed by atoms with Gasteiger partial charge in [0, 0.05) is 26.1 Å². The standard InChI is InChI=1S/C19H18ClN3O3S/c1-12-10-15(22-17(24)13-4-2-3-5-14(13)20)27-16(12)18(25)23-19(11-21)6-8-26-9-7-19/h2-5,10H,6-9H2,1H3,(H,22,24)(H,23,25). The Morgan fingerprint density at radius 1 is 1.26 bits per heavy atom. The Morgan fingerprint density at radius 3 is 2.63 bits per heavy atom. The lowest BCUT2D eigenvalue weighted by Gasteiger charge is -2.31. The summed E-state index contributed by atoms with van der Waals surface area (Å²) in [7, 11) is 0. The van der Waals surface area contributed by atoms with Gasteiger partial charge in [0.15, 0.2) is 0 Å². The normalized spacial score (nSPS) is 15.6. The molecular weight excluding hydrogens is 386 g/mol. The lowest BCUT2D eigenvalue weighted by atomic mass is 9.91. The number of thiophene rings is 1. The highest BCUT2D eigenvalue weighted by atomic mass is 35.5. The summed E-state index contributed by atoms with van der Waals surface area (Å²) in [4.78, 5) is 25.6. The van der Waals surface area contributed by atoms with Gasteiger partial charge in [-0.15, -0.1) is 11.3 Å². The second-order valence-electron chi connectivity index (χ2n) is 6.32. The van der Waals surface area contributed by atoms with Crippen LogP contribution in [0.5, 0.6) is 0 Å². The maximum Gasteiger partial charge on any atom is 0.262 e. The zero-order valence-corrected chi connectivity index (χ0v) is 16.2. The van der Waals surface area contributed by atoms with Crippen molar-refractivity contribution in [3.63, 3.8) is 0 Å². The van der Waals surface area contributed by atoms with Gasteiger partial charge in [-0.25, -0.2) is 0 Å². The van der Waals surface area contributed by atoms with Crippen molar-refractivity contribution in [3.05, 3.63) is 51.4 Å². The van der Waals surface area contributed by atoms with E-state index in [-0.39, 0.29) is 11.8 Å². The summed E-state index contributed by atoms with van der Waals surface area (Å²) < 4.78 is 5.28. The van der Waals surface area contributed by atoms with Gasteiger partial charge < -0.3 is 15.4 Å². The molecule has 0 bridgehead atoms. The van der Waals surface area contributed by atoms with Gasteiger partial charge in [0.1, 0.15) is 5.54 Å². The van der Waals surface area contributed by atoms with Crippen LogP contribution in [-0.4, -0.2) is 30.6 Å². The first kappa shape index (κ1) is 19.4.